The standard InChI is InChI=1S/C16H19N3O2/c1-18-11-17-15-12(18)3-2-4-13(15)19-9-7-16(8-10-19)6-5-14(20)21-16/h2-4,11H,5-10H2,1H3. The van der Waals surface area contributed by atoms with Crippen LogP contribution in [0.1, 0.15) is 25.7 Å². The third kappa shape index (κ3) is 1.99. The zero-order valence-electron chi connectivity index (χ0n) is 12.2. The Balaban J connectivity index is 1.59. The van der Waals surface area contributed by atoms with E-state index >= 15 is 0 Å². The minimum atomic E-state index is -0.189. The number of benzene rings is 1. The van der Waals surface area contributed by atoms with Crippen LogP contribution >= 0.6 is 0 Å². The van der Waals surface area contributed by atoms with E-state index in [4.69, 9.17) is 4.74 Å². The molecule has 4 rings (SSSR count). The average molecular weight is 285 g/mol. The number of rotatable bonds is 1. The maximum absolute atomic E-state index is 11.4. The van der Waals surface area contributed by atoms with Gasteiger partial charge in [-0.1, -0.05) is 6.07 Å². The summed E-state index contributed by atoms with van der Waals surface area (Å²) < 4.78 is 7.62. The zero-order chi connectivity index (χ0) is 14.4. The molecular formula is C16H19N3O2. The van der Waals surface area contributed by atoms with Crippen molar-refractivity contribution in [2.75, 3.05) is 18.0 Å². The van der Waals surface area contributed by atoms with Crippen molar-refractivity contribution in [2.24, 2.45) is 7.05 Å². The summed E-state index contributed by atoms with van der Waals surface area (Å²) in [5, 5.41) is 0. The van der Waals surface area contributed by atoms with Crippen molar-refractivity contribution in [3.05, 3.63) is 24.5 Å². The van der Waals surface area contributed by atoms with E-state index in [1.54, 1.807) is 0 Å². The van der Waals surface area contributed by atoms with Gasteiger partial charge in [0.05, 0.1) is 17.5 Å². The molecule has 110 valence electrons. The summed E-state index contributed by atoms with van der Waals surface area (Å²) in [6.45, 7) is 1.84. The van der Waals surface area contributed by atoms with E-state index in [0.717, 1.165) is 43.4 Å². The number of carbonyl (C=O) groups is 1. The Hall–Kier alpha value is -2.04. The monoisotopic (exact) mass is 285 g/mol. The topological polar surface area (TPSA) is 47.4 Å². The number of imidazole rings is 1. The van der Waals surface area contributed by atoms with Crippen LogP contribution < -0.4 is 4.90 Å². The number of aryl methyl sites for hydroxylation is 1. The number of hydrogen-bond donors (Lipinski definition) is 0. The second-order valence-electron chi connectivity index (χ2n) is 6.14. The van der Waals surface area contributed by atoms with Gasteiger partial charge in [0.2, 0.25) is 0 Å². The van der Waals surface area contributed by atoms with Crippen molar-refractivity contribution < 1.29 is 9.53 Å². The number of piperidine rings is 1. The first-order valence-electron chi connectivity index (χ1n) is 7.54. The normalized spacial score (nSPS) is 21.2. The number of para-hydroxylation sites is 1. The number of ether oxygens (including phenoxy) is 1. The fourth-order valence-corrected chi connectivity index (χ4v) is 3.58. The van der Waals surface area contributed by atoms with Gasteiger partial charge in [0.25, 0.3) is 0 Å². The Morgan fingerprint density at radius 1 is 1.24 bits per heavy atom. The summed E-state index contributed by atoms with van der Waals surface area (Å²) in [5.74, 6) is -0.0322. The Morgan fingerprint density at radius 3 is 2.76 bits per heavy atom. The lowest BCUT2D eigenvalue weighted by molar-refractivity contribution is -0.149. The highest BCUT2D eigenvalue weighted by molar-refractivity contribution is 5.89. The third-order valence-corrected chi connectivity index (χ3v) is 4.86. The van der Waals surface area contributed by atoms with Gasteiger partial charge in [0.15, 0.2) is 0 Å². The van der Waals surface area contributed by atoms with Crippen LogP contribution in [-0.2, 0) is 16.6 Å². The Bertz CT molecular complexity index is 699. The Kier molecular flexibility index (Phi) is 2.71. The van der Waals surface area contributed by atoms with Gasteiger partial charge in [-0.15, -0.1) is 0 Å². The Labute approximate surface area is 123 Å². The van der Waals surface area contributed by atoms with Crippen LogP contribution in [-0.4, -0.2) is 34.2 Å². The molecule has 5 nitrogen and oxygen atoms in total. The van der Waals surface area contributed by atoms with Crippen molar-refractivity contribution in [3.63, 3.8) is 0 Å². The zero-order valence-corrected chi connectivity index (χ0v) is 12.2. The second-order valence-corrected chi connectivity index (χ2v) is 6.14. The summed E-state index contributed by atoms with van der Waals surface area (Å²) in [6, 6.07) is 6.31. The summed E-state index contributed by atoms with van der Waals surface area (Å²) in [4.78, 5) is 18.3. The molecule has 1 spiro atoms. The number of nitrogens with zero attached hydrogens (tertiary/aromatic N) is 3. The summed E-state index contributed by atoms with van der Waals surface area (Å²) in [7, 11) is 2.02. The van der Waals surface area contributed by atoms with Gasteiger partial charge >= 0.3 is 5.97 Å². The molecular weight excluding hydrogens is 266 g/mol. The van der Waals surface area contributed by atoms with Crippen molar-refractivity contribution in [1.29, 1.82) is 0 Å². The van der Waals surface area contributed by atoms with Crippen molar-refractivity contribution in [2.45, 2.75) is 31.3 Å². The smallest absolute Gasteiger partial charge is 0.306 e. The second kappa shape index (κ2) is 4.48. The molecule has 0 radical (unpaired) electrons. The molecule has 21 heavy (non-hydrogen) atoms. The molecule has 5 heteroatoms. The molecule has 0 bridgehead atoms. The molecule has 1 aromatic carbocycles. The quantitative estimate of drug-likeness (QED) is 0.754. The molecule has 2 saturated heterocycles. The molecule has 2 aromatic rings. The van der Waals surface area contributed by atoms with Crippen LogP contribution in [0.15, 0.2) is 24.5 Å². The minimum Gasteiger partial charge on any atom is -0.459 e. The van der Waals surface area contributed by atoms with E-state index in [2.05, 4.69) is 28.1 Å². The first-order valence-corrected chi connectivity index (χ1v) is 7.54. The van der Waals surface area contributed by atoms with Crippen LogP contribution in [0.5, 0.6) is 0 Å². The highest BCUT2D eigenvalue weighted by atomic mass is 16.6. The lowest BCUT2D eigenvalue weighted by atomic mass is 9.88. The maximum Gasteiger partial charge on any atom is 0.306 e. The van der Waals surface area contributed by atoms with Crippen molar-refractivity contribution in [1.82, 2.24) is 9.55 Å². The molecule has 2 aliphatic rings. The van der Waals surface area contributed by atoms with E-state index in [0.29, 0.717) is 6.42 Å². The lowest BCUT2D eigenvalue weighted by Crippen LogP contribution is -2.44. The molecule has 0 aliphatic carbocycles. The third-order valence-electron chi connectivity index (χ3n) is 4.86. The molecule has 0 atom stereocenters. The molecule has 2 fully saturated rings. The molecule has 0 amide bonds. The Morgan fingerprint density at radius 2 is 2.05 bits per heavy atom. The number of fused-ring (bicyclic) bond motifs is 1. The van der Waals surface area contributed by atoms with Gasteiger partial charge in [-0.05, 0) is 18.6 Å². The van der Waals surface area contributed by atoms with Gasteiger partial charge < -0.3 is 14.2 Å². The van der Waals surface area contributed by atoms with Crippen LogP contribution in [0.25, 0.3) is 11.0 Å². The van der Waals surface area contributed by atoms with E-state index in [1.165, 1.54) is 5.69 Å². The minimum absolute atomic E-state index is 0.0322. The van der Waals surface area contributed by atoms with E-state index in [9.17, 15) is 4.79 Å². The van der Waals surface area contributed by atoms with Crippen molar-refractivity contribution >= 4 is 22.7 Å². The first-order chi connectivity index (χ1) is 10.2. The van der Waals surface area contributed by atoms with Gasteiger partial charge in [0, 0.05) is 39.4 Å². The van der Waals surface area contributed by atoms with E-state index in [1.807, 2.05) is 17.9 Å². The van der Waals surface area contributed by atoms with Gasteiger partial charge in [-0.3, -0.25) is 4.79 Å². The lowest BCUT2D eigenvalue weighted by Gasteiger charge is -2.39. The largest absolute Gasteiger partial charge is 0.459 e. The average Bonchev–Trinajstić information content (AvgIpc) is 3.04. The molecule has 2 aliphatic heterocycles. The number of esters is 1. The molecule has 0 N–H and O–H groups in total. The predicted molar refractivity (Wildman–Crippen MR) is 80.2 cm³/mol. The van der Waals surface area contributed by atoms with Gasteiger partial charge in [-0.25, -0.2) is 4.98 Å². The number of anilines is 1. The highest BCUT2D eigenvalue weighted by Gasteiger charge is 2.42. The van der Waals surface area contributed by atoms with Crippen LogP contribution in [0.3, 0.4) is 0 Å². The van der Waals surface area contributed by atoms with Crippen LogP contribution in [0, 0.1) is 0 Å². The van der Waals surface area contributed by atoms with Gasteiger partial charge in [0.1, 0.15) is 11.1 Å². The fourth-order valence-electron chi connectivity index (χ4n) is 3.58. The predicted octanol–water partition coefficient (Wildman–Crippen LogP) is 2.25. The highest BCUT2D eigenvalue weighted by Crippen LogP contribution is 2.38. The fraction of sp³-hybridized carbons (Fsp3) is 0.500. The number of aromatic nitrogens is 2. The van der Waals surface area contributed by atoms with E-state index < -0.39 is 0 Å². The molecule has 3 heterocycles. The van der Waals surface area contributed by atoms with E-state index in [-0.39, 0.29) is 11.6 Å². The van der Waals surface area contributed by atoms with Crippen LogP contribution in [0.2, 0.25) is 0 Å². The summed E-state index contributed by atoms with van der Waals surface area (Å²) in [6.07, 6.45) is 5.16. The van der Waals surface area contributed by atoms with Crippen LogP contribution in [0.4, 0.5) is 5.69 Å². The van der Waals surface area contributed by atoms with Gasteiger partial charge in [-0.2, -0.15) is 0 Å². The molecule has 0 unspecified atom stereocenters. The first kappa shape index (κ1) is 12.7. The van der Waals surface area contributed by atoms with Crippen molar-refractivity contribution in [3.8, 4) is 0 Å². The number of hydrogen-bond acceptors (Lipinski definition) is 4. The number of carbonyl (C=O) groups excluding carboxylic acids is 1. The molecule has 0 saturated carbocycles. The summed E-state index contributed by atoms with van der Waals surface area (Å²) in [5.41, 5.74) is 3.21. The molecule has 1 aromatic heterocycles. The SMILES string of the molecule is Cn1cnc2c(N3CCC4(CCC(=O)O4)CC3)cccc21. The summed E-state index contributed by atoms with van der Waals surface area (Å²) >= 11 is 0. The maximum atomic E-state index is 11.4.